The van der Waals surface area contributed by atoms with Crippen LogP contribution in [0.1, 0.15) is 17.2 Å². The maximum Gasteiger partial charge on any atom is 0.573 e. The van der Waals surface area contributed by atoms with Gasteiger partial charge in [-0.25, -0.2) is 4.79 Å². The maximum atomic E-state index is 12.1. The van der Waals surface area contributed by atoms with Crippen LogP contribution in [-0.4, -0.2) is 20.6 Å². The van der Waals surface area contributed by atoms with Crippen molar-refractivity contribution in [2.24, 2.45) is 7.05 Å². The van der Waals surface area contributed by atoms with Gasteiger partial charge in [0.05, 0.1) is 12.6 Å². The molecule has 2 rings (SSSR count). The van der Waals surface area contributed by atoms with E-state index in [9.17, 15) is 27.9 Å². The van der Waals surface area contributed by atoms with Gasteiger partial charge in [-0.15, -0.1) is 13.2 Å². The Morgan fingerprint density at radius 2 is 1.88 bits per heavy atom. The summed E-state index contributed by atoms with van der Waals surface area (Å²) in [5, 5.41) is 19.0. The quantitative estimate of drug-likeness (QED) is 0.884. The molecule has 0 aliphatic heterocycles. The van der Waals surface area contributed by atoms with Crippen molar-refractivity contribution in [3.05, 3.63) is 62.4 Å². The van der Waals surface area contributed by atoms with Crippen molar-refractivity contribution in [3.8, 4) is 11.8 Å². The lowest BCUT2D eigenvalue weighted by molar-refractivity contribution is -0.274. The lowest BCUT2D eigenvalue weighted by atomic mass is 10.1. The lowest BCUT2D eigenvalue weighted by Gasteiger charge is -2.14. The van der Waals surface area contributed by atoms with Crippen LogP contribution >= 0.6 is 0 Å². The molecule has 0 spiro atoms. The third-order valence-electron chi connectivity index (χ3n) is 3.31. The molecule has 1 heterocycles. The molecule has 0 saturated heterocycles. The largest absolute Gasteiger partial charge is 0.573 e. The molecule has 0 aliphatic carbocycles. The van der Waals surface area contributed by atoms with Gasteiger partial charge in [0, 0.05) is 13.2 Å². The monoisotopic (exact) mass is 355 g/mol. The van der Waals surface area contributed by atoms with E-state index in [4.69, 9.17) is 5.26 Å². The third kappa shape index (κ3) is 4.27. The average Bonchev–Trinajstić information content (AvgIpc) is 2.54. The van der Waals surface area contributed by atoms with Gasteiger partial charge in [-0.1, -0.05) is 12.1 Å². The number of halogens is 3. The van der Waals surface area contributed by atoms with Crippen molar-refractivity contribution in [1.82, 2.24) is 9.13 Å². The van der Waals surface area contributed by atoms with Crippen molar-refractivity contribution in [2.75, 3.05) is 0 Å². The molecule has 25 heavy (non-hydrogen) atoms. The molecule has 1 aromatic carbocycles. The Labute approximate surface area is 138 Å². The lowest BCUT2D eigenvalue weighted by Crippen LogP contribution is -2.41. The number of alkyl halides is 3. The molecular weight excluding hydrogens is 343 g/mol. The van der Waals surface area contributed by atoms with Crippen LogP contribution in [0, 0.1) is 11.3 Å². The van der Waals surface area contributed by atoms with Gasteiger partial charge in [0.2, 0.25) is 0 Å². The van der Waals surface area contributed by atoms with E-state index in [0.717, 1.165) is 22.9 Å². The van der Waals surface area contributed by atoms with E-state index in [1.54, 1.807) is 6.07 Å². The number of hydrogen-bond donors (Lipinski definition) is 1. The molecule has 0 amide bonds. The molecule has 1 atom stereocenters. The summed E-state index contributed by atoms with van der Waals surface area (Å²) >= 11 is 0. The highest BCUT2D eigenvalue weighted by Crippen LogP contribution is 2.24. The number of aliphatic hydroxyl groups excluding tert-OH is 1. The topological polar surface area (TPSA) is 97.2 Å². The molecular formula is C15H12F3N3O4. The second kappa shape index (κ2) is 6.82. The second-order valence-electron chi connectivity index (χ2n) is 5.10. The minimum atomic E-state index is -4.84. The van der Waals surface area contributed by atoms with E-state index in [2.05, 4.69) is 4.74 Å². The van der Waals surface area contributed by atoms with E-state index in [-0.39, 0.29) is 11.1 Å². The number of rotatable bonds is 4. The number of benzene rings is 1. The Morgan fingerprint density at radius 1 is 1.28 bits per heavy atom. The SMILES string of the molecule is Cn1cc(C#N)c(=O)n(CC(O)c2ccc(OC(F)(F)F)cc2)c1=O. The first-order valence-corrected chi connectivity index (χ1v) is 6.86. The number of aromatic nitrogens is 2. The molecule has 0 aliphatic rings. The highest BCUT2D eigenvalue weighted by Gasteiger charge is 2.31. The van der Waals surface area contributed by atoms with Gasteiger partial charge in [0.15, 0.2) is 0 Å². The van der Waals surface area contributed by atoms with E-state index < -0.39 is 36.0 Å². The number of nitriles is 1. The fourth-order valence-electron chi connectivity index (χ4n) is 2.13. The Hall–Kier alpha value is -3.06. The van der Waals surface area contributed by atoms with Crippen LogP contribution in [0.2, 0.25) is 0 Å². The molecule has 0 fully saturated rings. The van der Waals surface area contributed by atoms with Crippen LogP contribution in [0.15, 0.2) is 40.1 Å². The van der Waals surface area contributed by atoms with Gasteiger partial charge >= 0.3 is 12.1 Å². The van der Waals surface area contributed by atoms with E-state index in [1.165, 1.54) is 19.2 Å². The number of aryl methyl sites for hydroxylation is 1. The Balaban J connectivity index is 2.28. The molecule has 10 heteroatoms. The summed E-state index contributed by atoms with van der Waals surface area (Å²) in [6.07, 6.45) is -5.10. The minimum absolute atomic E-state index is 0.172. The number of hydrogen-bond acceptors (Lipinski definition) is 5. The van der Waals surface area contributed by atoms with Gasteiger partial charge in [-0.3, -0.25) is 9.36 Å². The zero-order valence-corrected chi connectivity index (χ0v) is 12.8. The molecule has 1 unspecified atom stereocenters. The molecule has 0 saturated carbocycles. The first-order chi connectivity index (χ1) is 11.6. The summed E-state index contributed by atoms with van der Waals surface area (Å²) in [7, 11) is 1.34. The summed E-state index contributed by atoms with van der Waals surface area (Å²) in [5.41, 5.74) is -1.70. The normalized spacial score (nSPS) is 12.5. The minimum Gasteiger partial charge on any atom is -0.406 e. The Morgan fingerprint density at radius 3 is 2.40 bits per heavy atom. The van der Waals surface area contributed by atoms with E-state index in [0.29, 0.717) is 4.57 Å². The molecule has 0 radical (unpaired) electrons. The van der Waals surface area contributed by atoms with E-state index >= 15 is 0 Å². The highest BCUT2D eigenvalue weighted by molar-refractivity contribution is 5.29. The zero-order valence-electron chi connectivity index (χ0n) is 12.8. The predicted molar refractivity (Wildman–Crippen MR) is 78.7 cm³/mol. The highest BCUT2D eigenvalue weighted by atomic mass is 19.4. The Bertz CT molecular complexity index is 923. The Kier molecular flexibility index (Phi) is 4.99. The average molecular weight is 355 g/mol. The van der Waals surface area contributed by atoms with Crippen molar-refractivity contribution < 1.29 is 23.0 Å². The fraction of sp³-hybridized carbons (Fsp3) is 0.267. The van der Waals surface area contributed by atoms with Gasteiger partial charge < -0.3 is 14.4 Å². The molecule has 1 N–H and O–H groups in total. The zero-order chi connectivity index (χ0) is 18.8. The first kappa shape index (κ1) is 18.3. The van der Waals surface area contributed by atoms with Gasteiger partial charge in [-0.05, 0) is 17.7 Å². The third-order valence-corrected chi connectivity index (χ3v) is 3.31. The van der Waals surface area contributed by atoms with Crippen molar-refractivity contribution in [2.45, 2.75) is 19.0 Å². The van der Waals surface area contributed by atoms with Crippen LogP contribution in [0.25, 0.3) is 0 Å². The molecule has 1 aromatic heterocycles. The summed E-state index contributed by atoms with van der Waals surface area (Å²) in [6.45, 7) is -0.458. The first-order valence-electron chi connectivity index (χ1n) is 6.86. The molecule has 132 valence electrons. The van der Waals surface area contributed by atoms with Gasteiger partial charge in [0.25, 0.3) is 5.56 Å². The molecule has 0 bridgehead atoms. The van der Waals surface area contributed by atoms with Crippen LogP contribution in [0.4, 0.5) is 13.2 Å². The van der Waals surface area contributed by atoms with Crippen molar-refractivity contribution in [3.63, 3.8) is 0 Å². The molecule has 2 aromatic rings. The predicted octanol–water partition coefficient (Wildman–Crippen LogP) is 1.05. The summed E-state index contributed by atoms with van der Waals surface area (Å²) < 4.78 is 41.8. The van der Waals surface area contributed by atoms with Crippen LogP contribution < -0.4 is 16.0 Å². The fourth-order valence-corrected chi connectivity index (χ4v) is 2.13. The molecule has 7 nitrogen and oxygen atoms in total. The number of aliphatic hydroxyl groups is 1. The summed E-state index contributed by atoms with van der Waals surface area (Å²) in [6, 6.07) is 6.00. The van der Waals surface area contributed by atoms with Gasteiger partial charge in [-0.2, -0.15) is 5.26 Å². The maximum absolute atomic E-state index is 12.1. The van der Waals surface area contributed by atoms with Crippen LogP contribution in [-0.2, 0) is 13.6 Å². The van der Waals surface area contributed by atoms with Crippen molar-refractivity contribution in [1.29, 1.82) is 5.26 Å². The smallest absolute Gasteiger partial charge is 0.406 e. The summed E-state index contributed by atoms with van der Waals surface area (Å²) in [5.74, 6) is -0.469. The van der Waals surface area contributed by atoms with Crippen molar-refractivity contribution >= 4 is 0 Å². The summed E-state index contributed by atoms with van der Waals surface area (Å²) in [4.78, 5) is 24.0. The van der Waals surface area contributed by atoms with Gasteiger partial charge in [0.1, 0.15) is 17.4 Å². The van der Waals surface area contributed by atoms with Crippen LogP contribution in [0.3, 0.4) is 0 Å². The number of ether oxygens (including phenoxy) is 1. The second-order valence-corrected chi connectivity index (χ2v) is 5.10. The van der Waals surface area contributed by atoms with Crippen LogP contribution in [0.5, 0.6) is 5.75 Å². The number of nitrogens with zero attached hydrogens (tertiary/aromatic N) is 3. The standard InChI is InChI=1S/C15H12F3N3O4/c1-20-7-10(6-19)13(23)21(14(20)24)8-12(22)9-2-4-11(5-3-9)25-15(16,17)18/h2-5,7,12,22H,8H2,1H3. The van der Waals surface area contributed by atoms with E-state index in [1.807, 2.05) is 0 Å².